The van der Waals surface area contributed by atoms with Crippen molar-refractivity contribution in [2.45, 2.75) is 38.1 Å². The fraction of sp³-hybridized carbons (Fsp3) is 0.364. The van der Waals surface area contributed by atoms with Crippen molar-refractivity contribution in [2.75, 3.05) is 13.1 Å². The third kappa shape index (κ3) is 6.07. The molecule has 2 aromatic rings. The lowest BCUT2D eigenvalue weighted by Gasteiger charge is -2.34. The van der Waals surface area contributed by atoms with Gasteiger partial charge in [0.1, 0.15) is 5.60 Å². The van der Waals surface area contributed by atoms with Crippen molar-refractivity contribution in [1.82, 2.24) is 4.90 Å². The maximum Gasteiger partial charge on any atom is 0.407 e. The molecule has 0 unspecified atom stereocenters. The van der Waals surface area contributed by atoms with Crippen LogP contribution in [0, 0.1) is 6.57 Å². The zero-order valence-corrected chi connectivity index (χ0v) is 19.1. The first-order valence-corrected chi connectivity index (χ1v) is 10.1. The molecule has 1 heterocycles. The third-order valence-electron chi connectivity index (χ3n) is 5.24. The lowest BCUT2D eigenvalue weighted by molar-refractivity contribution is -0.138. The van der Waals surface area contributed by atoms with E-state index in [0.29, 0.717) is 13.1 Å². The minimum absolute atomic E-state index is 0. The summed E-state index contributed by atoms with van der Waals surface area (Å²) in [5, 5.41) is 10.7. The molecule has 3 rings (SSSR count). The van der Waals surface area contributed by atoms with E-state index in [1.807, 2.05) is 17.0 Å². The van der Waals surface area contributed by atoms with Crippen LogP contribution in [0.2, 0.25) is 0 Å². The number of β-amino-alcohol motifs (C(OH)–C–C–N with tert-alkyl or cyclic N) is 1. The topological polar surface area (TPSA) is 44.9 Å². The number of carbonyl (C=O) groups is 1. The second-order valence-electron chi connectivity index (χ2n) is 7.71. The van der Waals surface area contributed by atoms with E-state index in [1.165, 1.54) is 18.6 Å². The van der Waals surface area contributed by atoms with Gasteiger partial charge in [-0.05, 0) is 42.2 Å². The molecule has 2 aromatic carbocycles. The summed E-state index contributed by atoms with van der Waals surface area (Å²) in [6.45, 7) is 9.64. The van der Waals surface area contributed by atoms with Crippen LogP contribution in [-0.2, 0) is 30.4 Å². The molecule has 9 heteroatoms. The average molecular weight is 518 g/mol. The molecule has 0 fully saturated rings. The monoisotopic (exact) mass is 516 g/mol. The lowest BCUT2D eigenvalue weighted by atomic mass is 9.92. The Morgan fingerprint density at radius 3 is 2.58 bits per heavy atom. The summed E-state index contributed by atoms with van der Waals surface area (Å²) in [6, 6.07) is 9.20. The van der Waals surface area contributed by atoms with E-state index in [4.69, 9.17) is 6.57 Å². The van der Waals surface area contributed by atoms with E-state index in [1.54, 1.807) is 0 Å². The molecule has 166 valence electrons. The summed E-state index contributed by atoms with van der Waals surface area (Å²) < 4.78 is 40.5. The highest BCUT2D eigenvalue weighted by atomic mass is 79.9. The Morgan fingerprint density at radius 2 is 1.94 bits per heavy atom. The minimum atomic E-state index is -4.68. The summed E-state index contributed by atoms with van der Waals surface area (Å²) in [5.74, 6) is -0.562. The summed E-state index contributed by atoms with van der Waals surface area (Å²) in [5.41, 5.74) is -0.827. The summed E-state index contributed by atoms with van der Waals surface area (Å²) >= 11 is 3.45. The van der Waals surface area contributed by atoms with Gasteiger partial charge < -0.3 is 5.11 Å². The second-order valence-corrected chi connectivity index (χ2v) is 8.62. The number of fused-ring (bicyclic) bond motifs is 1. The first-order chi connectivity index (χ1) is 14.0. The van der Waals surface area contributed by atoms with Crippen LogP contribution >= 0.6 is 28.3 Å². The van der Waals surface area contributed by atoms with Crippen LogP contribution in [0.15, 0.2) is 40.9 Å². The largest absolute Gasteiger partial charge is 0.407 e. The Morgan fingerprint density at radius 1 is 1.23 bits per heavy atom. The Hall–Kier alpha value is -1.92. The highest BCUT2D eigenvalue weighted by Gasteiger charge is 2.36. The van der Waals surface area contributed by atoms with Crippen LogP contribution in [0.4, 0.5) is 18.9 Å². The van der Waals surface area contributed by atoms with Gasteiger partial charge in [0, 0.05) is 30.5 Å². The normalized spacial score (nSPS) is 15.9. The molecule has 1 aliphatic heterocycles. The molecule has 0 aromatic heterocycles. The van der Waals surface area contributed by atoms with E-state index in [2.05, 4.69) is 26.8 Å². The number of alkyl halides is 3. The number of benzene rings is 2. The van der Waals surface area contributed by atoms with Gasteiger partial charge in [-0.1, -0.05) is 40.2 Å². The van der Waals surface area contributed by atoms with Gasteiger partial charge in [-0.2, -0.15) is 13.2 Å². The van der Waals surface area contributed by atoms with Crippen LogP contribution in [0.1, 0.15) is 29.2 Å². The molecule has 0 amide bonds. The first-order valence-electron chi connectivity index (χ1n) is 9.32. The molecular formula is C22H21BrClF3N2O2. The van der Waals surface area contributed by atoms with Crippen LogP contribution < -0.4 is 0 Å². The first kappa shape index (κ1) is 25.3. The molecule has 4 nitrogen and oxygen atoms in total. The highest BCUT2D eigenvalue weighted by molar-refractivity contribution is 9.10. The summed E-state index contributed by atoms with van der Waals surface area (Å²) in [6.07, 6.45) is -4.24. The second kappa shape index (κ2) is 9.70. The van der Waals surface area contributed by atoms with Gasteiger partial charge >= 0.3 is 6.18 Å². The zero-order chi connectivity index (χ0) is 22.1. The quantitative estimate of drug-likeness (QED) is 0.543. The molecule has 0 spiro atoms. The Kier molecular flexibility index (Phi) is 7.93. The van der Waals surface area contributed by atoms with E-state index >= 15 is 0 Å². The molecule has 0 bridgehead atoms. The van der Waals surface area contributed by atoms with Crippen molar-refractivity contribution in [3.8, 4) is 0 Å². The van der Waals surface area contributed by atoms with E-state index in [-0.39, 0.29) is 30.9 Å². The number of aliphatic hydroxyl groups is 1. The van der Waals surface area contributed by atoms with Crippen LogP contribution in [-0.4, -0.2) is 34.5 Å². The Balaban J connectivity index is 0.00000341. The predicted octanol–water partition coefficient (Wildman–Crippen LogP) is 5.36. The van der Waals surface area contributed by atoms with Crippen molar-refractivity contribution in [3.63, 3.8) is 0 Å². The van der Waals surface area contributed by atoms with Crippen LogP contribution in [0.3, 0.4) is 0 Å². The molecule has 0 saturated heterocycles. The number of halogens is 5. The number of hydrogen-bond acceptors (Lipinski definition) is 3. The third-order valence-corrected chi connectivity index (χ3v) is 5.74. The van der Waals surface area contributed by atoms with Gasteiger partial charge in [-0.25, -0.2) is 4.85 Å². The molecular weight excluding hydrogens is 497 g/mol. The zero-order valence-electron chi connectivity index (χ0n) is 16.7. The average Bonchev–Trinajstić information content (AvgIpc) is 2.67. The highest BCUT2D eigenvalue weighted by Crippen LogP contribution is 2.37. The smallest absolute Gasteiger partial charge is 0.381 e. The minimum Gasteiger partial charge on any atom is -0.381 e. The molecule has 0 radical (unpaired) electrons. The number of carbonyl (C=O) groups excluding carboxylic acids is 1. The van der Waals surface area contributed by atoms with E-state index in [0.717, 1.165) is 28.6 Å². The van der Waals surface area contributed by atoms with Crippen molar-refractivity contribution in [2.24, 2.45) is 0 Å². The summed E-state index contributed by atoms with van der Waals surface area (Å²) in [4.78, 5) is 17.6. The van der Waals surface area contributed by atoms with Gasteiger partial charge in [-0.15, -0.1) is 12.4 Å². The van der Waals surface area contributed by atoms with E-state index < -0.39 is 28.8 Å². The van der Waals surface area contributed by atoms with Crippen molar-refractivity contribution >= 4 is 39.8 Å². The molecule has 1 aliphatic rings. The Labute approximate surface area is 193 Å². The number of Topliss-reactive ketones (excluding diaryl/α,β-unsaturated/α-hetero) is 1. The standard InChI is InChI=1S/C22H20BrF3N2O2.ClH/c1-21(30,13-28-8-7-15-11-17(23)5-4-16(15)12-28)20(29)10-14-3-6-19(27-2)18(9-14)22(24,25)26;/h3-6,9,11,30H,7-8,10,12-13H2,1H3;1H/t21-;/m0./s1. The SMILES string of the molecule is Cl.[C-]#[N+]c1ccc(CC(=O)[C@@](C)(O)CN2CCc3cc(Br)ccc3C2)cc1C(F)(F)F. The fourth-order valence-electron chi connectivity index (χ4n) is 3.63. The van der Waals surface area contributed by atoms with Crippen molar-refractivity contribution < 1.29 is 23.1 Å². The van der Waals surface area contributed by atoms with Gasteiger partial charge in [-0.3, -0.25) is 9.69 Å². The van der Waals surface area contributed by atoms with Crippen LogP contribution in [0.25, 0.3) is 4.85 Å². The fourth-order valence-corrected chi connectivity index (χ4v) is 4.04. The van der Waals surface area contributed by atoms with Crippen molar-refractivity contribution in [1.29, 1.82) is 0 Å². The number of ketones is 1. The molecule has 0 aliphatic carbocycles. The molecule has 1 atom stereocenters. The number of rotatable bonds is 5. The van der Waals surface area contributed by atoms with E-state index in [9.17, 15) is 23.1 Å². The molecule has 1 N–H and O–H groups in total. The van der Waals surface area contributed by atoms with Gasteiger partial charge in [0.05, 0.1) is 12.1 Å². The summed E-state index contributed by atoms with van der Waals surface area (Å²) in [7, 11) is 0. The Bertz CT molecular complexity index is 1020. The number of hydrogen-bond donors (Lipinski definition) is 1. The van der Waals surface area contributed by atoms with Gasteiger partial charge in [0.2, 0.25) is 0 Å². The van der Waals surface area contributed by atoms with Crippen molar-refractivity contribution in [3.05, 3.63) is 74.5 Å². The lowest BCUT2D eigenvalue weighted by Crippen LogP contribution is -2.48. The molecule has 31 heavy (non-hydrogen) atoms. The van der Waals surface area contributed by atoms with Gasteiger partial charge in [0.15, 0.2) is 11.5 Å². The maximum atomic E-state index is 13.2. The van der Waals surface area contributed by atoms with Crippen LogP contribution in [0.5, 0.6) is 0 Å². The number of nitrogens with zero attached hydrogens (tertiary/aromatic N) is 2. The molecule has 0 saturated carbocycles. The van der Waals surface area contributed by atoms with Gasteiger partial charge in [0.25, 0.3) is 0 Å². The maximum absolute atomic E-state index is 13.2. The predicted molar refractivity (Wildman–Crippen MR) is 117 cm³/mol.